The molecule has 0 aliphatic heterocycles. The predicted molar refractivity (Wildman–Crippen MR) is 521 cm³/mol. The van der Waals surface area contributed by atoms with Crippen molar-refractivity contribution in [2.75, 3.05) is 55.1 Å². The molecule has 7 fully saturated rings. The van der Waals surface area contributed by atoms with Gasteiger partial charge in [0.05, 0.1) is 65.2 Å². The van der Waals surface area contributed by atoms with E-state index in [2.05, 4.69) is 82.9 Å². The number of aliphatic hydroxyl groups excluding tert-OH is 2. The number of methoxy groups -OCH3 is 7. The van der Waals surface area contributed by atoms with E-state index in [9.17, 15) is 62.6 Å². The molecule has 32 nitrogen and oxygen atoms in total. The number of amides is 1. The third-order valence-corrected chi connectivity index (χ3v) is 30.2. The first kappa shape index (κ1) is 118. The molecule has 0 radical (unpaired) electrons. The van der Waals surface area contributed by atoms with E-state index < -0.39 is 60.8 Å². The van der Waals surface area contributed by atoms with Crippen LogP contribution < -0.4 is 50.2 Å². The molecule has 0 aromatic carbocycles. The average molecular weight is 1900 g/mol. The molecule has 133 heavy (non-hydrogen) atoms. The van der Waals surface area contributed by atoms with E-state index in [1.165, 1.54) is 96.8 Å². The van der Waals surface area contributed by atoms with Gasteiger partial charge in [-0.2, -0.15) is 0 Å². The van der Waals surface area contributed by atoms with Crippen molar-refractivity contribution >= 4 is 62.1 Å². The van der Waals surface area contributed by atoms with Gasteiger partial charge in [0.2, 0.25) is 0 Å². The highest BCUT2D eigenvalue weighted by molar-refractivity contribution is 6.78. The number of rotatable bonds is 14. The number of hydrogen-bond acceptors (Lipinski definition) is 25. The summed E-state index contributed by atoms with van der Waals surface area (Å²) in [6.45, 7) is 24.1. The standard InChI is InChI=1S/C17H26N2O4.C14H19NO4.C14H19NO3.2C13H17NO4.C7H15N.C7H6O4.C7H18Si.C6H13NO.CH4.ClH/c1-17(2,3)23-16(21)18-14-6-5-11-19(15(14)20)12-7-9-13(22-4)10-8-12;1-18-11-7-5-10(6-8-11)15-9-3-4-12(13(15)16)14(17)19-2;1-10-5-7-11(8-6-10)15-9-3-4-12(13(15)16)14(17)18-2;1-18-10-6-4-9(5-7-10)14-8-2-3-11(12(14)15)13(16)17;1-18-13(17)11-3-2-8-14(12(11)16)9-4-6-10(15)7-5-9;1-6-2-4-7(8)5-3-6;1-10-6(8)5-3-2-4-11-7(5)9;1-7(2,3)8(4,5)6;7-5-1-3-6(8)4-2-5;;/h5-6,11-13H,7-10H2,1-4H3,(H,18,21);3-4,9-11H,5-8H2,1-2H3;3-4,9-11H,5-8H2,1-2H3;2-3,8-10H,4-7H2,1H3,(H,16,17);2-3,8-10,15H,4-7H2,1H3;6-7H,2-5,8H2,1H3;2-4H,1H3;1-6H3;5-6,8H,1-4,7H2;1H4;1H. The van der Waals surface area contributed by atoms with E-state index in [0.29, 0.717) is 30.0 Å². The van der Waals surface area contributed by atoms with Crippen LogP contribution in [0.15, 0.2) is 143 Å². The van der Waals surface area contributed by atoms with Crippen molar-refractivity contribution < 1.29 is 86.4 Å². The fourth-order valence-corrected chi connectivity index (χ4v) is 16.0. The summed E-state index contributed by atoms with van der Waals surface area (Å²) in [5.41, 5.74) is 8.86. The Kier molecular flexibility index (Phi) is 52.0. The molecule has 6 aromatic rings. The average Bonchev–Trinajstić information content (AvgIpc) is 0.832. The van der Waals surface area contributed by atoms with Crippen LogP contribution in [0, 0.1) is 11.8 Å². The first-order valence-electron chi connectivity index (χ1n) is 46.1. The number of ether oxygens (including phenoxy) is 8. The molecule has 0 saturated heterocycles. The highest BCUT2D eigenvalue weighted by atomic mass is 35.5. The van der Waals surface area contributed by atoms with Gasteiger partial charge < -0.3 is 91.9 Å². The van der Waals surface area contributed by atoms with Crippen LogP contribution >= 0.6 is 12.4 Å². The maximum Gasteiger partial charge on any atom is 0.412 e. The van der Waals surface area contributed by atoms with Gasteiger partial charge in [0.1, 0.15) is 39.1 Å². The number of nitrogens with one attached hydrogen (secondary N) is 1. The van der Waals surface area contributed by atoms with Crippen molar-refractivity contribution in [2.45, 2.75) is 346 Å². The van der Waals surface area contributed by atoms with Crippen LogP contribution in [0.2, 0.25) is 24.7 Å². The molecule has 8 N–H and O–H groups in total. The molecule has 7 aliphatic carbocycles. The maximum absolute atomic E-state index is 12.6. The first-order valence-corrected chi connectivity index (χ1v) is 49.6. The molecule has 0 spiro atoms. The summed E-state index contributed by atoms with van der Waals surface area (Å²) < 4.78 is 51.9. The third kappa shape index (κ3) is 39.1. The fourth-order valence-electron chi connectivity index (χ4n) is 16.0. The first-order chi connectivity index (χ1) is 61.9. The van der Waals surface area contributed by atoms with Gasteiger partial charge in [-0.1, -0.05) is 61.7 Å². The number of nitrogens with two attached hydrogens (primary N) is 2. The highest BCUT2D eigenvalue weighted by Crippen LogP contribution is 2.37. The number of halogens is 1. The summed E-state index contributed by atoms with van der Waals surface area (Å²) in [4.78, 5) is 140. The van der Waals surface area contributed by atoms with Crippen LogP contribution in [0.3, 0.4) is 0 Å². The van der Waals surface area contributed by atoms with Gasteiger partial charge in [-0.25, -0.2) is 33.6 Å². The Morgan fingerprint density at radius 1 is 0.391 bits per heavy atom. The minimum Gasteiger partial charge on any atom is -0.477 e. The number of esters is 4. The van der Waals surface area contributed by atoms with Gasteiger partial charge in [-0.15, -0.1) is 12.4 Å². The number of aromatic carboxylic acids is 1. The Morgan fingerprint density at radius 3 is 0.925 bits per heavy atom. The minimum absolute atomic E-state index is 0. The SMILES string of the molecule is C.CC(C)(C)[Si](C)(C)C.CC1CCC(N)CC1.COC(=O)c1cccn(C2CCC(C)CC2)c1=O.COC(=O)c1cccn(C2CCC(O)CC2)c1=O.COC(=O)c1cccn(C2CCC(OC)CC2)c1=O.COC(=O)c1cccoc1=O.COC1CCC(n2cccc(C(=O)O)c2=O)CC1.COC1CCC(n2cccc(NC(=O)OC(C)(C)C)c2=O)CC1.Cl.NC1CCC(O)CC1. The Hall–Kier alpha value is -9.45. The molecule has 0 unspecified atom stereocenters. The number of aromatic nitrogens is 5. The number of nitrogens with zero attached hydrogens (tertiary/aromatic N) is 5. The summed E-state index contributed by atoms with van der Waals surface area (Å²) in [7, 11) is 9.32. The molecule has 1 amide bonds. The molecular formula is C99H155ClN8O24Si. The normalized spacial score (nSPS) is 23.1. The molecular weight excluding hydrogens is 1750 g/mol. The molecule has 6 aromatic heterocycles. The summed E-state index contributed by atoms with van der Waals surface area (Å²) in [5.74, 6) is -1.91. The monoisotopic (exact) mass is 1900 g/mol. The molecule has 34 heteroatoms. The number of hydrogen-bond donors (Lipinski definition) is 6. The lowest BCUT2D eigenvalue weighted by Crippen LogP contribution is -2.33. The number of carbonyl (C=O) groups is 6. The molecule has 7 aliphatic rings. The van der Waals surface area contributed by atoms with E-state index in [1.54, 1.807) is 132 Å². The number of carboxylic acid groups (broad SMARTS) is 1. The Balaban J connectivity index is 0.000000393. The Morgan fingerprint density at radius 2 is 0.647 bits per heavy atom. The number of anilines is 1. The van der Waals surface area contributed by atoms with E-state index in [4.69, 9.17) is 40.6 Å². The lowest BCUT2D eigenvalue weighted by atomic mass is 9.87. The Bertz CT molecular complexity index is 4730. The second-order valence-corrected chi connectivity index (χ2v) is 43.8. The molecule has 0 atom stereocenters. The maximum atomic E-state index is 12.6. The van der Waals surface area contributed by atoms with E-state index in [0.717, 1.165) is 153 Å². The highest BCUT2D eigenvalue weighted by Gasteiger charge is 2.32. The summed E-state index contributed by atoms with van der Waals surface area (Å²) >= 11 is 0. The summed E-state index contributed by atoms with van der Waals surface area (Å²) in [6, 6.07) is 20.3. The fraction of sp³-hybridized carbons (Fsp3) is 0.636. The van der Waals surface area contributed by atoms with Crippen molar-refractivity contribution in [2.24, 2.45) is 23.3 Å². The smallest absolute Gasteiger partial charge is 0.412 e. The quantitative estimate of drug-likeness (QED) is 0.0335. The van der Waals surface area contributed by atoms with Gasteiger partial charge in [0.25, 0.3) is 27.8 Å². The number of aliphatic hydroxyl groups is 2. The Labute approximate surface area is 791 Å². The molecule has 6 heterocycles. The van der Waals surface area contributed by atoms with Crippen LogP contribution in [-0.4, -0.2) is 180 Å². The summed E-state index contributed by atoms with van der Waals surface area (Å²) in [6.07, 6.45) is 36.8. The lowest BCUT2D eigenvalue weighted by Gasteiger charge is -2.32. The van der Waals surface area contributed by atoms with Crippen molar-refractivity contribution in [1.82, 2.24) is 22.8 Å². The number of carboxylic acids is 1. The minimum atomic E-state index is -1.17. The zero-order valence-corrected chi connectivity index (χ0v) is 82.8. The van der Waals surface area contributed by atoms with E-state index in [1.807, 2.05) is 0 Å². The number of carbonyl (C=O) groups excluding carboxylic acids is 5. The van der Waals surface area contributed by atoms with Crippen LogP contribution in [0.4, 0.5) is 10.5 Å². The molecule has 7 saturated carbocycles. The molecule has 746 valence electrons. The van der Waals surface area contributed by atoms with Crippen molar-refractivity contribution in [3.63, 3.8) is 0 Å². The zero-order valence-electron chi connectivity index (χ0n) is 81.0. The largest absolute Gasteiger partial charge is 0.477 e. The zero-order chi connectivity index (χ0) is 97.5. The summed E-state index contributed by atoms with van der Waals surface area (Å²) in [5, 5.41) is 30.5. The van der Waals surface area contributed by atoms with Crippen LogP contribution in [0.25, 0.3) is 0 Å². The molecule has 0 bridgehead atoms. The number of pyridine rings is 5. The van der Waals surface area contributed by atoms with Crippen LogP contribution in [0.5, 0.6) is 0 Å². The van der Waals surface area contributed by atoms with Gasteiger partial charge in [-0.05, 0) is 290 Å². The van der Waals surface area contributed by atoms with Crippen LogP contribution in [0.1, 0.15) is 325 Å². The molecule has 13 rings (SSSR count). The van der Waals surface area contributed by atoms with E-state index in [-0.39, 0.29) is 136 Å². The topological polar surface area (TPSA) is 441 Å². The predicted octanol–water partition coefficient (Wildman–Crippen LogP) is 16.6. The van der Waals surface area contributed by atoms with E-state index >= 15 is 0 Å². The second-order valence-electron chi connectivity index (χ2n) is 37.8. The van der Waals surface area contributed by atoms with Gasteiger partial charge in [-0.3, -0.25) is 29.3 Å². The van der Waals surface area contributed by atoms with Gasteiger partial charge >= 0.3 is 41.6 Å². The van der Waals surface area contributed by atoms with Gasteiger partial charge in [0, 0.05) is 103 Å². The lowest BCUT2D eigenvalue weighted by molar-refractivity contribution is 0.0565. The van der Waals surface area contributed by atoms with Gasteiger partial charge in [0.15, 0.2) is 0 Å². The van der Waals surface area contributed by atoms with Crippen LogP contribution in [-0.2, 0) is 37.9 Å². The van der Waals surface area contributed by atoms with Crippen molar-refractivity contribution in [1.29, 1.82) is 0 Å². The third-order valence-electron chi connectivity index (χ3n) is 25.7. The van der Waals surface area contributed by atoms with Crippen molar-refractivity contribution in [3.8, 4) is 0 Å². The second kappa shape index (κ2) is 58.7. The van der Waals surface area contributed by atoms with Crippen molar-refractivity contribution in [3.05, 3.63) is 200 Å².